The first kappa shape index (κ1) is 16.5. The number of allylic oxidation sites excluding steroid dienone is 1. The molecule has 1 N–H and O–H groups in total. The Morgan fingerprint density at radius 2 is 2.04 bits per heavy atom. The zero-order valence-electron chi connectivity index (χ0n) is 14.0. The Hall–Kier alpha value is -2.36. The fraction of sp³-hybridized carbons (Fsp3) is 0.400. The second-order valence-corrected chi connectivity index (χ2v) is 6.19. The van der Waals surface area contributed by atoms with Gasteiger partial charge in [0.1, 0.15) is 0 Å². The Kier molecular flexibility index (Phi) is 5.83. The van der Waals surface area contributed by atoms with Crippen molar-refractivity contribution in [1.82, 2.24) is 10.3 Å². The lowest BCUT2D eigenvalue weighted by Crippen LogP contribution is -2.25. The minimum atomic E-state index is 0.0610. The molecule has 0 saturated carbocycles. The number of nitrogens with one attached hydrogen (secondary N) is 1. The van der Waals surface area contributed by atoms with Gasteiger partial charge in [0.2, 0.25) is 5.91 Å². The summed E-state index contributed by atoms with van der Waals surface area (Å²) in [5.74, 6) is 1.42. The summed E-state index contributed by atoms with van der Waals surface area (Å²) in [7, 11) is 0. The molecular weight excluding hydrogens is 300 g/mol. The third-order valence-corrected chi connectivity index (χ3v) is 4.33. The molecule has 4 nitrogen and oxygen atoms in total. The van der Waals surface area contributed by atoms with Gasteiger partial charge < -0.3 is 9.73 Å². The second kappa shape index (κ2) is 8.48. The maximum Gasteiger partial charge on any atom is 0.220 e. The van der Waals surface area contributed by atoms with Gasteiger partial charge in [0.25, 0.3) is 0 Å². The van der Waals surface area contributed by atoms with E-state index < -0.39 is 0 Å². The standard InChI is InChI=1S/C20H24N2O2/c23-19(21-14-13-16-7-3-1-4-8-16)11-12-20-22-15-18(24-20)17-9-5-2-6-10-17/h2,5-7,9-10,15H,1,3-4,8,11-14H2,(H,21,23). The maximum absolute atomic E-state index is 11.9. The number of hydrogen-bond donors (Lipinski definition) is 1. The first-order chi connectivity index (χ1) is 11.8. The Morgan fingerprint density at radius 3 is 2.83 bits per heavy atom. The van der Waals surface area contributed by atoms with Crippen LogP contribution in [0.25, 0.3) is 11.3 Å². The fourth-order valence-corrected chi connectivity index (χ4v) is 2.96. The highest BCUT2D eigenvalue weighted by Crippen LogP contribution is 2.21. The van der Waals surface area contributed by atoms with Crippen LogP contribution in [0.15, 0.2) is 52.6 Å². The molecule has 0 aliphatic heterocycles. The first-order valence-corrected chi connectivity index (χ1v) is 8.76. The number of carbonyl (C=O) groups excluding carboxylic acids is 1. The molecule has 1 heterocycles. The highest BCUT2D eigenvalue weighted by molar-refractivity contribution is 5.76. The van der Waals surface area contributed by atoms with Gasteiger partial charge in [0.05, 0.1) is 6.20 Å². The zero-order valence-corrected chi connectivity index (χ0v) is 14.0. The molecule has 0 spiro atoms. The van der Waals surface area contributed by atoms with E-state index in [1.807, 2.05) is 30.3 Å². The smallest absolute Gasteiger partial charge is 0.220 e. The third-order valence-electron chi connectivity index (χ3n) is 4.33. The Morgan fingerprint density at radius 1 is 1.17 bits per heavy atom. The average Bonchev–Trinajstić information content (AvgIpc) is 3.11. The lowest BCUT2D eigenvalue weighted by Gasteiger charge is -2.12. The van der Waals surface area contributed by atoms with Crippen LogP contribution in [0.2, 0.25) is 0 Å². The van der Waals surface area contributed by atoms with Crippen LogP contribution >= 0.6 is 0 Å². The van der Waals surface area contributed by atoms with Gasteiger partial charge >= 0.3 is 0 Å². The number of benzene rings is 1. The lowest BCUT2D eigenvalue weighted by atomic mass is 9.97. The van der Waals surface area contributed by atoms with Crippen LogP contribution in [0, 0.1) is 0 Å². The number of aromatic nitrogens is 1. The molecule has 0 fully saturated rings. The molecule has 1 amide bonds. The molecule has 0 radical (unpaired) electrons. The molecule has 126 valence electrons. The van der Waals surface area contributed by atoms with Crippen molar-refractivity contribution in [3.05, 3.63) is 54.1 Å². The van der Waals surface area contributed by atoms with Crippen LogP contribution in [0.1, 0.15) is 44.4 Å². The van der Waals surface area contributed by atoms with Crippen LogP contribution in [0.4, 0.5) is 0 Å². The molecule has 1 aliphatic rings. The van der Waals surface area contributed by atoms with E-state index in [-0.39, 0.29) is 5.91 Å². The summed E-state index contributed by atoms with van der Waals surface area (Å²) in [4.78, 5) is 16.2. The minimum Gasteiger partial charge on any atom is -0.441 e. The molecule has 0 bridgehead atoms. The Balaban J connectivity index is 1.40. The summed E-state index contributed by atoms with van der Waals surface area (Å²) in [5, 5.41) is 2.99. The molecule has 1 aromatic carbocycles. The molecule has 1 aliphatic carbocycles. The van der Waals surface area contributed by atoms with E-state index in [1.165, 1.54) is 31.3 Å². The van der Waals surface area contributed by atoms with Gasteiger partial charge in [-0.1, -0.05) is 42.0 Å². The largest absolute Gasteiger partial charge is 0.441 e. The van der Waals surface area contributed by atoms with Crippen LogP contribution in [0.5, 0.6) is 0 Å². The predicted octanol–water partition coefficient (Wildman–Crippen LogP) is 4.28. The highest BCUT2D eigenvalue weighted by atomic mass is 16.4. The van der Waals surface area contributed by atoms with Crippen molar-refractivity contribution in [3.63, 3.8) is 0 Å². The molecule has 0 saturated heterocycles. The van der Waals surface area contributed by atoms with E-state index in [2.05, 4.69) is 16.4 Å². The SMILES string of the molecule is O=C(CCc1ncc(-c2ccccc2)o1)NCCC1=CCCCC1. The number of oxazole rings is 1. The normalized spacial score (nSPS) is 14.2. The van der Waals surface area contributed by atoms with Crippen molar-refractivity contribution in [1.29, 1.82) is 0 Å². The molecule has 0 unspecified atom stereocenters. The lowest BCUT2D eigenvalue weighted by molar-refractivity contribution is -0.121. The average molecular weight is 324 g/mol. The number of amides is 1. The minimum absolute atomic E-state index is 0.0610. The van der Waals surface area contributed by atoms with Gasteiger partial charge in [-0.3, -0.25) is 4.79 Å². The number of carbonyl (C=O) groups is 1. The van der Waals surface area contributed by atoms with Gasteiger partial charge in [-0.2, -0.15) is 0 Å². The number of aryl methyl sites for hydroxylation is 1. The van der Waals surface area contributed by atoms with E-state index in [1.54, 1.807) is 6.20 Å². The Bertz CT molecular complexity index is 689. The topological polar surface area (TPSA) is 55.1 Å². The van der Waals surface area contributed by atoms with Crippen molar-refractivity contribution in [2.45, 2.75) is 44.9 Å². The fourth-order valence-electron chi connectivity index (χ4n) is 2.96. The van der Waals surface area contributed by atoms with E-state index in [9.17, 15) is 4.79 Å². The van der Waals surface area contributed by atoms with Crippen LogP contribution in [0.3, 0.4) is 0 Å². The molecule has 0 atom stereocenters. The second-order valence-electron chi connectivity index (χ2n) is 6.19. The number of hydrogen-bond acceptors (Lipinski definition) is 3. The van der Waals surface area contributed by atoms with Gasteiger partial charge in [0.15, 0.2) is 11.7 Å². The van der Waals surface area contributed by atoms with Crippen molar-refractivity contribution in [2.75, 3.05) is 6.54 Å². The highest BCUT2D eigenvalue weighted by Gasteiger charge is 2.09. The van der Waals surface area contributed by atoms with Crippen molar-refractivity contribution in [2.24, 2.45) is 0 Å². The molecule has 4 heteroatoms. The van der Waals surface area contributed by atoms with Crippen LogP contribution in [-0.2, 0) is 11.2 Å². The van der Waals surface area contributed by atoms with E-state index in [0.29, 0.717) is 18.7 Å². The van der Waals surface area contributed by atoms with Crippen LogP contribution < -0.4 is 5.32 Å². The predicted molar refractivity (Wildman–Crippen MR) is 94.4 cm³/mol. The van der Waals surface area contributed by atoms with Gasteiger partial charge in [-0.25, -0.2) is 4.98 Å². The molecule has 1 aromatic heterocycles. The van der Waals surface area contributed by atoms with Crippen LogP contribution in [-0.4, -0.2) is 17.4 Å². The summed E-state index contributed by atoms with van der Waals surface area (Å²) in [6.45, 7) is 0.728. The van der Waals surface area contributed by atoms with Gasteiger partial charge in [-0.05, 0) is 32.1 Å². The van der Waals surface area contributed by atoms with Gasteiger partial charge in [-0.15, -0.1) is 0 Å². The quantitative estimate of drug-likeness (QED) is 0.773. The molecule has 3 rings (SSSR count). The monoisotopic (exact) mass is 324 g/mol. The Labute approximate surface area is 143 Å². The zero-order chi connectivity index (χ0) is 16.6. The van der Waals surface area contributed by atoms with Crippen molar-refractivity contribution < 1.29 is 9.21 Å². The van der Waals surface area contributed by atoms with E-state index in [0.717, 1.165) is 24.3 Å². The molecule has 24 heavy (non-hydrogen) atoms. The summed E-state index contributed by atoms with van der Waals surface area (Å²) < 4.78 is 5.72. The summed E-state index contributed by atoms with van der Waals surface area (Å²) in [6.07, 6.45) is 10.9. The van der Waals surface area contributed by atoms with E-state index in [4.69, 9.17) is 4.42 Å². The maximum atomic E-state index is 11.9. The van der Waals surface area contributed by atoms with Crippen molar-refractivity contribution >= 4 is 5.91 Å². The summed E-state index contributed by atoms with van der Waals surface area (Å²) in [6, 6.07) is 9.86. The van der Waals surface area contributed by atoms with E-state index >= 15 is 0 Å². The van der Waals surface area contributed by atoms with Crippen molar-refractivity contribution in [3.8, 4) is 11.3 Å². The molecule has 2 aromatic rings. The number of nitrogens with zero attached hydrogens (tertiary/aromatic N) is 1. The first-order valence-electron chi connectivity index (χ1n) is 8.76. The van der Waals surface area contributed by atoms with Gasteiger partial charge in [0, 0.05) is 24.9 Å². The molecular formula is C20H24N2O2. The summed E-state index contributed by atoms with van der Waals surface area (Å²) in [5.41, 5.74) is 2.49. The summed E-state index contributed by atoms with van der Waals surface area (Å²) >= 11 is 0. The number of rotatable bonds is 7. The third kappa shape index (κ3) is 4.82.